The van der Waals surface area contributed by atoms with Crippen molar-refractivity contribution in [3.05, 3.63) is 58.1 Å². The molecule has 2 aromatic rings. The molecule has 0 saturated carbocycles. The number of nitrogens with zero attached hydrogens (tertiary/aromatic N) is 1. The highest BCUT2D eigenvalue weighted by Gasteiger charge is 2.11. The normalized spacial score (nSPS) is 10.5. The van der Waals surface area contributed by atoms with E-state index in [4.69, 9.17) is 15.2 Å². The van der Waals surface area contributed by atoms with Gasteiger partial charge in [-0.1, -0.05) is 30.3 Å². The Morgan fingerprint density at radius 1 is 1.21 bits per heavy atom. The molecule has 0 aliphatic heterocycles. The minimum Gasteiger partial charge on any atom is -0.493 e. The number of hydrogen-bond donors (Lipinski definition) is 3. The number of carbonyl (C=O) groups excluding carboxylic acids is 2. The number of methoxy groups -OCH3 is 1. The first kappa shape index (κ1) is 21.2. The summed E-state index contributed by atoms with van der Waals surface area (Å²) in [5.74, 6) is 0.582. The van der Waals surface area contributed by atoms with Crippen LogP contribution in [-0.4, -0.2) is 38.4 Å². The maximum Gasteiger partial charge on any atom is 0.332 e. The van der Waals surface area contributed by atoms with Crippen molar-refractivity contribution in [3.8, 4) is 11.5 Å². The third-order valence-corrected chi connectivity index (χ3v) is 4.29. The van der Waals surface area contributed by atoms with E-state index in [1.165, 1.54) is 13.3 Å². The van der Waals surface area contributed by atoms with Crippen molar-refractivity contribution >= 4 is 34.1 Å². The van der Waals surface area contributed by atoms with Gasteiger partial charge in [0.1, 0.15) is 0 Å². The molecule has 0 atom stereocenters. The van der Waals surface area contributed by atoms with Crippen molar-refractivity contribution in [2.75, 3.05) is 20.3 Å². The predicted molar refractivity (Wildman–Crippen MR) is 110 cm³/mol. The number of hydrogen-bond acceptors (Lipinski definition) is 5. The van der Waals surface area contributed by atoms with E-state index in [-0.39, 0.29) is 12.5 Å². The maximum atomic E-state index is 12.0. The zero-order chi connectivity index (χ0) is 20.4. The maximum absolute atomic E-state index is 12.0. The molecule has 2 rings (SSSR count). The van der Waals surface area contributed by atoms with E-state index < -0.39 is 6.03 Å². The van der Waals surface area contributed by atoms with Gasteiger partial charge in [0.05, 0.1) is 13.3 Å². The van der Waals surface area contributed by atoms with E-state index in [2.05, 4.69) is 31.8 Å². The summed E-state index contributed by atoms with van der Waals surface area (Å²) in [4.78, 5) is 22.7. The van der Waals surface area contributed by atoms with Crippen molar-refractivity contribution in [1.29, 1.82) is 0 Å². The molecule has 0 aliphatic carbocycles. The molecule has 28 heavy (non-hydrogen) atoms. The Morgan fingerprint density at radius 3 is 2.64 bits per heavy atom. The van der Waals surface area contributed by atoms with Gasteiger partial charge >= 0.3 is 6.03 Å². The Morgan fingerprint density at radius 2 is 1.96 bits per heavy atom. The Kier molecular flexibility index (Phi) is 8.29. The molecular formula is C19H21BrN4O4. The second-order valence-corrected chi connectivity index (χ2v) is 6.49. The summed E-state index contributed by atoms with van der Waals surface area (Å²) in [7, 11) is 1.48. The van der Waals surface area contributed by atoms with Gasteiger partial charge in [-0.3, -0.25) is 4.79 Å². The van der Waals surface area contributed by atoms with E-state index in [9.17, 15) is 9.59 Å². The number of primary amides is 1. The third kappa shape index (κ3) is 6.92. The predicted octanol–water partition coefficient (Wildman–Crippen LogP) is 2.20. The number of ether oxygens (including phenoxy) is 2. The van der Waals surface area contributed by atoms with Crippen molar-refractivity contribution in [2.45, 2.75) is 6.42 Å². The number of nitrogens with one attached hydrogen (secondary N) is 2. The van der Waals surface area contributed by atoms with Gasteiger partial charge in [-0.2, -0.15) is 5.10 Å². The molecule has 0 saturated heterocycles. The van der Waals surface area contributed by atoms with Crippen LogP contribution < -0.4 is 25.9 Å². The van der Waals surface area contributed by atoms with Gasteiger partial charge in [0.25, 0.3) is 5.91 Å². The van der Waals surface area contributed by atoms with Crippen LogP contribution in [0.1, 0.15) is 11.1 Å². The number of rotatable bonds is 9. The zero-order valence-electron chi connectivity index (χ0n) is 15.3. The highest BCUT2D eigenvalue weighted by Crippen LogP contribution is 2.32. The lowest BCUT2D eigenvalue weighted by Gasteiger charge is -2.12. The Hall–Kier alpha value is -3.07. The van der Waals surface area contributed by atoms with E-state index >= 15 is 0 Å². The Balaban J connectivity index is 1.90. The molecule has 0 aliphatic rings. The fourth-order valence-electron chi connectivity index (χ4n) is 2.27. The first-order valence-corrected chi connectivity index (χ1v) is 9.18. The van der Waals surface area contributed by atoms with Gasteiger partial charge in [0.2, 0.25) is 0 Å². The van der Waals surface area contributed by atoms with Gasteiger partial charge in [-0.25, -0.2) is 10.2 Å². The number of amides is 3. The quantitative estimate of drug-likeness (QED) is 0.402. The van der Waals surface area contributed by atoms with Crippen LogP contribution in [0.2, 0.25) is 0 Å². The van der Waals surface area contributed by atoms with Crippen molar-refractivity contribution < 1.29 is 19.1 Å². The van der Waals surface area contributed by atoms with Crippen LogP contribution in [0.4, 0.5) is 4.79 Å². The second kappa shape index (κ2) is 10.9. The van der Waals surface area contributed by atoms with Gasteiger partial charge in [0, 0.05) is 16.6 Å². The van der Waals surface area contributed by atoms with Crippen LogP contribution in [0.25, 0.3) is 0 Å². The molecule has 8 nitrogen and oxygen atoms in total. The number of hydrazone groups is 1. The van der Waals surface area contributed by atoms with Crippen LogP contribution in [0.5, 0.6) is 11.5 Å². The van der Waals surface area contributed by atoms with Gasteiger partial charge in [-0.15, -0.1) is 0 Å². The van der Waals surface area contributed by atoms with E-state index in [0.717, 1.165) is 12.0 Å². The summed E-state index contributed by atoms with van der Waals surface area (Å²) < 4.78 is 11.5. The van der Waals surface area contributed by atoms with Crippen LogP contribution in [0.3, 0.4) is 0 Å². The molecule has 0 heterocycles. The van der Waals surface area contributed by atoms with Gasteiger partial charge in [-0.05, 0) is 40.0 Å². The molecule has 0 radical (unpaired) electrons. The van der Waals surface area contributed by atoms with Crippen LogP contribution in [-0.2, 0) is 11.2 Å². The largest absolute Gasteiger partial charge is 0.493 e. The topological polar surface area (TPSA) is 115 Å². The summed E-state index contributed by atoms with van der Waals surface area (Å²) in [6.45, 7) is 0.379. The van der Waals surface area contributed by atoms with Gasteiger partial charge < -0.3 is 20.5 Å². The fraction of sp³-hybridized carbons (Fsp3) is 0.211. The number of halogens is 1. The molecule has 0 aromatic heterocycles. The lowest BCUT2D eigenvalue weighted by molar-refractivity contribution is -0.123. The summed E-state index contributed by atoms with van der Waals surface area (Å²) in [6.07, 6.45) is 2.15. The first-order chi connectivity index (χ1) is 13.5. The summed E-state index contributed by atoms with van der Waals surface area (Å²) >= 11 is 3.38. The van der Waals surface area contributed by atoms with Crippen molar-refractivity contribution in [1.82, 2.24) is 10.7 Å². The fourth-order valence-corrected chi connectivity index (χ4v) is 2.70. The molecule has 0 unspecified atom stereocenters. The molecular weight excluding hydrogens is 428 g/mol. The highest BCUT2D eigenvalue weighted by atomic mass is 79.9. The molecule has 0 bridgehead atoms. The highest BCUT2D eigenvalue weighted by molar-refractivity contribution is 9.10. The van der Waals surface area contributed by atoms with E-state index in [0.29, 0.717) is 28.1 Å². The van der Waals surface area contributed by atoms with E-state index in [1.54, 1.807) is 12.1 Å². The molecule has 3 amide bonds. The lowest BCUT2D eigenvalue weighted by Crippen LogP contribution is -2.30. The monoisotopic (exact) mass is 448 g/mol. The lowest BCUT2D eigenvalue weighted by atomic mass is 10.1. The molecule has 9 heteroatoms. The third-order valence-electron chi connectivity index (χ3n) is 3.60. The van der Waals surface area contributed by atoms with Crippen molar-refractivity contribution in [3.63, 3.8) is 0 Å². The Bertz CT molecular complexity index is 843. The second-order valence-electron chi connectivity index (χ2n) is 5.63. The minimum atomic E-state index is -0.766. The number of carbonyl (C=O) groups is 2. The van der Waals surface area contributed by atoms with Crippen molar-refractivity contribution in [2.24, 2.45) is 10.8 Å². The molecule has 0 fully saturated rings. The molecule has 0 spiro atoms. The smallest absolute Gasteiger partial charge is 0.332 e. The zero-order valence-corrected chi connectivity index (χ0v) is 16.9. The molecule has 148 valence electrons. The number of benzene rings is 2. The van der Waals surface area contributed by atoms with Crippen LogP contribution >= 0.6 is 15.9 Å². The number of urea groups is 1. The summed E-state index contributed by atoms with van der Waals surface area (Å²) in [5, 5.41) is 6.51. The van der Waals surface area contributed by atoms with Crippen LogP contribution in [0.15, 0.2) is 52.0 Å². The van der Waals surface area contributed by atoms with Crippen LogP contribution in [0, 0.1) is 0 Å². The average molecular weight is 449 g/mol. The molecule has 4 N–H and O–H groups in total. The summed E-state index contributed by atoms with van der Waals surface area (Å²) in [6, 6.07) is 12.4. The minimum absolute atomic E-state index is 0.145. The number of nitrogens with two attached hydrogens (primary N) is 1. The first-order valence-electron chi connectivity index (χ1n) is 8.39. The molecule has 2 aromatic carbocycles. The Labute approximate surface area is 171 Å². The summed E-state index contributed by atoms with van der Waals surface area (Å²) in [5.41, 5.74) is 8.84. The van der Waals surface area contributed by atoms with E-state index in [1.807, 2.05) is 30.3 Å². The SMILES string of the molecule is COc1cc(/C=N\NC(N)=O)c(Br)cc1OCC(=O)NCCc1ccccc1. The average Bonchev–Trinajstić information content (AvgIpc) is 2.68. The standard InChI is InChI=1S/C19H21BrN4O4/c1-27-16-9-14(11-23-24-19(21)26)15(20)10-17(16)28-12-18(25)22-8-7-13-5-3-2-4-6-13/h2-6,9-11H,7-8,12H2,1H3,(H,22,25)(H3,21,24,26)/b23-11-. The van der Waals surface area contributed by atoms with Gasteiger partial charge in [0.15, 0.2) is 18.1 Å².